The summed E-state index contributed by atoms with van der Waals surface area (Å²) in [6, 6.07) is 5.30. The topological polar surface area (TPSA) is 55.2 Å². The van der Waals surface area contributed by atoms with Crippen LogP contribution in [0.2, 0.25) is 0 Å². The molecule has 0 bridgehead atoms. The summed E-state index contributed by atoms with van der Waals surface area (Å²) < 4.78 is 2.13. The maximum Gasteiger partial charge on any atom is 0.261 e. The van der Waals surface area contributed by atoms with E-state index in [-0.39, 0.29) is 18.0 Å². The monoisotopic (exact) mass is 309 g/mol. The Morgan fingerprint density at radius 1 is 1.44 bits per heavy atom. The number of benzene rings is 1. The van der Waals surface area contributed by atoms with Gasteiger partial charge >= 0.3 is 0 Å². The number of hydrogen-bond acceptors (Lipinski definition) is 3. The van der Waals surface area contributed by atoms with Gasteiger partial charge in [0, 0.05) is 18.6 Å². The second-order valence-electron chi connectivity index (χ2n) is 4.13. The fourth-order valence-electron chi connectivity index (χ4n) is 1.53. The van der Waals surface area contributed by atoms with Gasteiger partial charge in [-0.1, -0.05) is 15.9 Å². The van der Waals surface area contributed by atoms with Crippen molar-refractivity contribution in [1.29, 1.82) is 0 Å². The Kier molecular flexibility index (Phi) is 3.47. The van der Waals surface area contributed by atoms with Crippen molar-refractivity contribution in [2.24, 2.45) is 0 Å². The Hall–Kier alpha value is -1.69. The van der Waals surface area contributed by atoms with Crippen molar-refractivity contribution < 1.29 is 4.79 Å². The standard InChI is InChI=1S/C12H12BrN3O2/c1-15(2)11(17)6-16-7-14-10-4-3-8(13)5-9(10)12(16)18/h3-5,7H,6H2,1-2H3. The Balaban J connectivity index is 2.51. The molecule has 5 nitrogen and oxygen atoms in total. The molecule has 0 aliphatic heterocycles. The van der Waals surface area contributed by atoms with Gasteiger partial charge in [0.25, 0.3) is 5.56 Å². The van der Waals surface area contributed by atoms with E-state index in [1.807, 2.05) is 6.07 Å². The number of carbonyl (C=O) groups excluding carboxylic acids is 1. The van der Waals surface area contributed by atoms with Gasteiger partial charge in [-0.3, -0.25) is 14.2 Å². The van der Waals surface area contributed by atoms with Crippen molar-refractivity contribution in [3.05, 3.63) is 39.4 Å². The molecule has 0 spiro atoms. The summed E-state index contributed by atoms with van der Waals surface area (Å²) in [5, 5.41) is 0.499. The third-order valence-electron chi connectivity index (χ3n) is 2.59. The summed E-state index contributed by atoms with van der Waals surface area (Å²) in [5.41, 5.74) is 0.410. The van der Waals surface area contributed by atoms with Gasteiger partial charge < -0.3 is 4.90 Å². The molecule has 1 heterocycles. The first-order chi connectivity index (χ1) is 8.49. The summed E-state index contributed by atoms with van der Waals surface area (Å²) in [7, 11) is 3.30. The maximum atomic E-state index is 12.2. The van der Waals surface area contributed by atoms with Crippen LogP contribution < -0.4 is 5.56 Å². The van der Waals surface area contributed by atoms with Gasteiger partial charge in [-0.25, -0.2) is 4.98 Å². The number of hydrogen-bond donors (Lipinski definition) is 0. The minimum Gasteiger partial charge on any atom is -0.347 e. The SMILES string of the molecule is CN(C)C(=O)Cn1cnc2ccc(Br)cc2c1=O. The molecular formula is C12H12BrN3O2. The molecule has 2 rings (SSSR count). The van der Waals surface area contributed by atoms with Gasteiger partial charge in [-0.2, -0.15) is 0 Å². The highest BCUT2D eigenvalue weighted by Crippen LogP contribution is 2.14. The highest BCUT2D eigenvalue weighted by molar-refractivity contribution is 9.10. The molecule has 94 valence electrons. The number of fused-ring (bicyclic) bond motifs is 1. The minimum atomic E-state index is -0.212. The summed E-state index contributed by atoms with van der Waals surface area (Å²) >= 11 is 3.31. The van der Waals surface area contributed by atoms with Crippen molar-refractivity contribution >= 4 is 32.7 Å². The van der Waals surface area contributed by atoms with Crippen molar-refractivity contribution in [1.82, 2.24) is 14.5 Å². The summed E-state index contributed by atoms with van der Waals surface area (Å²) in [4.78, 5) is 29.4. The quantitative estimate of drug-likeness (QED) is 0.839. The maximum absolute atomic E-state index is 12.2. The second-order valence-corrected chi connectivity index (χ2v) is 5.04. The highest BCUT2D eigenvalue weighted by atomic mass is 79.9. The lowest BCUT2D eigenvalue weighted by molar-refractivity contribution is -0.129. The van der Waals surface area contributed by atoms with Crippen molar-refractivity contribution in [2.45, 2.75) is 6.54 Å². The van der Waals surface area contributed by atoms with Crippen LogP contribution in [0.5, 0.6) is 0 Å². The molecule has 0 aliphatic carbocycles. The van der Waals surface area contributed by atoms with Gasteiger partial charge in [-0.15, -0.1) is 0 Å². The van der Waals surface area contributed by atoms with E-state index in [1.54, 1.807) is 26.2 Å². The molecule has 6 heteroatoms. The van der Waals surface area contributed by atoms with E-state index in [1.165, 1.54) is 15.8 Å². The lowest BCUT2D eigenvalue weighted by atomic mass is 10.2. The van der Waals surface area contributed by atoms with Gasteiger partial charge in [0.05, 0.1) is 17.2 Å². The molecule has 0 fully saturated rings. The lowest BCUT2D eigenvalue weighted by Gasteiger charge is -2.11. The van der Waals surface area contributed by atoms with E-state index in [0.29, 0.717) is 10.9 Å². The lowest BCUT2D eigenvalue weighted by Crippen LogP contribution is -2.31. The Morgan fingerprint density at radius 3 is 2.83 bits per heavy atom. The number of halogens is 1. The van der Waals surface area contributed by atoms with Gasteiger partial charge in [0.1, 0.15) is 6.54 Å². The van der Waals surface area contributed by atoms with Gasteiger partial charge in [0.15, 0.2) is 0 Å². The van der Waals surface area contributed by atoms with Crippen LogP contribution in [0.3, 0.4) is 0 Å². The predicted molar refractivity (Wildman–Crippen MR) is 72.4 cm³/mol. The molecule has 0 unspecified atom stereocenters. The molecule has 2 aromatic rings. The molecule has 0 aliphatic rings. The first-order valence-electron chi connectivity index (χ1n) is 5.34. The van der Waals surface area contributed by atoms with Crippen LogP contribution in [-0.4, -0.2) is 34.5 Å². The number of amides is 1. The molecule has 1 aromatic carbocycles. The molecule has 0 atom stereocenters. The molecule has 0 radical (unpaired) electrons. The number of aromatic nitrogens is 2. The Labute approximate surface area is 112 Å². The average Bonchev–Trinajstić information content (AvgIpc) is 2.33. The number of rotatable bonds is 2. The normalized spacial score (nSPS) is 10.6. The van der Waals surface area contributed by atoms with Crippen LogP contribution in [0.4, 0.5) is 0 Å². The largest absolute Gasteiger partial charge is 0.347 e. The van der Waals surface area contributed by atoms with E-state index in [4.69, 9.17) is 0 Å². The highest BCUT2D eigenvalue weighted by Gasteiger charge is 2.09. The summed E-state index contributed by atoms with van der Waals surface area (Å²) in [6.07, 6.45) is 1.40. The van der Waals surface area contributed by atoms with Crippen LogP contribution in [0.25, 0.3) is 10.9 Å². The van der Waals surface area contributed by atoms with Crippen molar-refractivity contribution in [3.8, 4) is 0 Å². The second kappa shape index (κ2) is 4.89. The van der Waals surface area contributed by atoms with E-state index in [2.05, 4.69) is 20.9 Å². The van der Waals surface area contributed by atoms with E-state index >= 15 is 0 Å². The fourth-order valence-corrected chi connectivity index (χ4v) is 1.89. The smallest absolute Gasteiger partial charge is 0.261 e. The van der Waals surface area contributed by atoms with E-state index in [0.717, 1.165) is 4.47 Å². The number of nitrogens with zero attached hydrogens (tertiary/aromatic N) is 3. The molecule has 1 amide bonds. The zero-order valence-corrected chi connectivity index (χ0v) is 11.6. The first kappa shape index (κ1) is 12.8. The van der Waals surface area contributed by atoms with Gasteiger partial charge in [0.2, 0.25) is 5.91 Å². The van der Waals surface area contributed by atoms with E-state index < -0.39 is 0 Å². The predicted octanol–water partition coefficient (Wildman–Crippen LogP) is 1.25. The third-order valence-corrected chi connectivity index (χ3v) is 3.08. The summed E-state index contributed by atoms with van der Waals surface area (Å²) in [6.45, 7) is 0.00128. The first-order valence-corrected chi connectivity index (χ1v) is 6.13. The number of carbonyl (C=O) groups is 1. The number of likely N-dealkylation sites (N-methyl/N-ethyl adjacent to an activating group) is 1. The van der Waals surface area contributed by atoms with Crippen molar-refractivity contribution in [3.63, 3.8) is 0 Å². The molecule has 0 N–H and O–H groups in total. The zero-order chi connectivity index (χ0) is 13.3. The summed E-state index contributed by atoms with van der Waals surface area (Å²) in [5.74, 6) is -0.145. The van der Waals surface area contributed by atoms with Crippen LogP contribution in [0.15, 0.2) is 33.8 Å². The van der Waals surface area contributed by atoms with E-state index in [9.17, 15) is 9.59 Å². The zero-order valence-electron chi connectivity index (χ0n) is 10.1. The Bertz CT molecular complexity index is 664. The van der Waals surface area contributed by atoms with Gasteiger partial charge in [-0.05, 0) is 18.2 Å². The fraction of sp³-hybridized carbons (Fsp3) is 0.250. The van der Waals surface area contributed by atoms with Crippen LogP contribution >= 0.6 is 15.9 Å². The average molecular weight is 310 g/mol. The van der Waals surface area contributed by atoms with Crippen LogP contribution in [-0.2, 0) is 11.3 Å². The molecule has 18 heavy (non-hydrogen) atoms. The molecule has 0 saturated carbocycles. The third kappa shape index (κ3) is 2.43. The molecule has 1 aromatic heterocycles. The van der Waals surface area contributed by atoms with Crippen LogP contribution in [0.1, 0.15) is 0 Å². The Morgan fingerprint density at radius 2 is 2.17 bits per heavy atom. The minimum absolute atomic E-state index is 0.00128. The molecule has 0 saturated heterocycles. The van der Waals surface area contributed by atoms with Crippen LogP contribution in [0, 0.1) is 0 Å². The van der Waals surface area contributed by atoms with Crippen molar-refractivity contribution in [2.75, 3.05) is 14.1 Å². The molecular weight excluding hydrogens is 298 g/mol.